The SMILES string of the molecule is CC(NCC1COCCN1C(=O)OC(C)(C)C)c1cccnc1. The fourth-order valence-corrected chi connectivity index (χ4v) is 2.45. The molecule has 0 saturated carbocycles. The molecule has 1 aliphatic heterocycles. The Morgan fingerprint density at radius 1 is 1.57 bits per heavy atom. The normalized spacial score (nSPS) is 20.2. The smallest absolute Gasteiger partial charge is 0.410 e. The molecule has 6 heteroatoms. The maximum Gasteiger partial charge on any atom is 0.410 e. The van der Waals surface area contributed by atoms with Gasteiger partial charge in [0.05, 0.1) is 19.3 Å². The van der Waals surface area contributed by atoms with E-state index in [1.165, 1.54) is 0 Å². The van der Waals surface area contributed by atoms with Crippen molar-refractivity contribution in [1.82, 2.24) is 15.2 Å². The van der Waals surface area contributed by atoms with Gasteiger partial charge in [-0.1, -0.05) is 6.07 Å². The van der Waals surface area contributed by atoms with Gasteiger partial charge in [-0.3, -0.25) is 9.88 Å². The van der Waals surface area contributed by atoms with Gasteiger partial charge < -0.3 is 14.8 Å². The standard InChI is InChI=1S/C17H27N3O3/c1-13(14-6-5-7-18-10-14)19-11-15-12-22-9-8-20(15)16(21)23-17(2,3)4/h5-7,10,13,15,19H,8-9,11-12H2,1-4H3. The van der Waals surface area contributed by atoms with E-state index in [4.69, 9.17) is 9.47 Å². The summed E-state index contributed by atoms with van der Waals surface area (Å²) in [6.45, 7) is 9.99. The number of aromatic nitrogens is 1. The quantitative estimate of drug-likeness (QED) is 0.922. The molecule has 1 N–H and O–H groups in total. The fraction of sp³-hybridized carbons (Fsp3) is 0.647. The summed E-state index contributed by atoms with van der Waals surface area (Å²) < 4.78 is 11.0. The van der Waals surface area contributed by atoms with Gasteiger partial charge in [0.1, 0.15) is 5.60 Å². The highest BCUT2D eigenvalue weighted by Gasteiger charge is 2.31. The van der Waals surface area contributed by atoms with Crippen LogP contribution in [0.4, 0.5) is 4.79 Å². The molecule has 0 aliphatic carbocycles. The third kappa shape index (κ3) is 5.48. The predicted octanol–water partition coefficient (Wildman–Crippen LogP) is 2.37. The maximum atomic E-state index is 12.3. The molecular weight excluding hydrogens is 294 g/mol. The Bertz CT molecular complexity index is 502. The van der Waals surface area contributed by atoms with Crippen molar-refractivity contribution in [2.24, 2.45) is 0 Å². The van der Waals surface area contributed by atoms with Crippen LogP contribution in [-0.4, -0.2) is 53.9 Å². The van der Waals surface area contributed by atoms with Gasteiger partial charge in [0.15, 0.2) is 0 Å². The summed E-state index contributed by atoms with van der Waals surface area (Å²) in [5.41, 5.74) is 0.629. The van der Waals surface area contributed by atoms with Gasteiger partial charge in [0.2, 0.25) is 0 Å². The summed E-state index contributed by atoms with van der Waals surface area (Å²) in [5.74, 6) is 0. The highest BCUT2D eigenvalue weighted by molar-refractivity contribution is 5.68. The Morgan fingerprint density at radius 2 is 2.35 bits per heavy atom. The molecule has 2 atom stereocenters. The van der Waals surface area contributed by atoms with Crippen LogP contribution in [0.3, 0.4) is 0 Å². The zero-order valence-electron chi connectivity index (χ0n) is 14.4. The monoisotopic (exact) mass is 321 g/mol. The molecule has 1 amide bonds. The van der Waals surface area contributed by atoms with Crippen LogP contribution in [-0.2, 0) is 9.47 Å². The number of nitrogens with zero attached hydrogens (tertiary/aromatic N) is 2. The molecule has 128 valence electrons. The first kappa shape index (κ1) is 17.7. The Balaban J connectivity index is 1.92. The van der Waals surface area contributed by atoms with Crippen molar-refractivity contribution in [3.05, 3.63) is 30.1 Å². The summed E-state index contributed by atoms with van der Waals surface area (Å²) in [5, 5.41) is 3.45. The Labute approximate surface area is 138 Å². The molecule has 6 nitrogen and oxygen atoms in total. The van der Waals surface area contributed by atoms with Gasteiger partial charge >= 0.3 is 6.09 Å². The largest absolute Gasteiger partial charge is 0.444 e. The number of hydrogen-bond donors (Lipinski definition) is 1. The number of hydrogen-bond acceptors (Lipinski definition) is 5. The number of morpholine rings is 1. The van der Waals surface area contributed by atoms with Crippen LogP contribution < -0.4 is 5.32 Å². The number of carbonyl (C=O) groups excluding carboxylic acids is 1. The van der Waals surface area contributed by atoms with E-state index in [0.29, 0.717) is 26.3 Å². The van der Waals surface area contributed by atoms with Crippen molar-refractivity contribution in [3.8, 4) is 0 Å². The van der Waals surface area contributed by atoms with Gasteiger partial charge in [-0.15, -0.1) is 0 Å². The Hall–Kier alpha value is -1.66. The molecule has 0 spiro atoms. The van der Waals surface area contributed by atoms with Crippen molar-refractivity contribution in [1.29, 1.82) is 0 Å². The van der Waals surface area contributed by atoms with Gasteiger partial charge in [0, 0.05) is 31.5 Å². The van der Waals surface area contributed by atoms with E-state index in [1.807, 2.05) is 39.1 Å². The Kier molecular flexibility index (Phi) is 5.96. The summed E-state index contributed by atoms with van der Waals surface area (Å²) in [6.07, 6.45) is 3.33. The molecule has 1 aliphatic rings. The van der Waals surface area contributed by atoms with E-state index in [0.717, 1.165) is 5.56 Å². The third-order valence-corrected chi connectivity index (χ3v) is 3.70. The molecule has 1 aromatic rings. The topological polar surface area (TPSA) is 63.7 Å². The summed E-state index contributed by atoms with van der Waals surface area (Å²) in [7, 11) is 0. The minimum absolute atomic E-state index is 0.0299. The van der Waals surface area contributed by atoms with Gasteiger partial charge in [-0.2, -0.15) is 0 Å². The summed E-state index contributed by atoms with van der Waals surface area (Å²) in [6, 6.07) is 4.08. The van der Waals surface area contributed by atoms with Crippen molar-refractivity contribution in [2.75, 3.05) is 26.3 Å². The number of amides is 1. The summed E-state index contributed by atoms with van der Waals surface area (Å²) >= 11 is 0. The van der Waals surface area contributed by atoms with E-state index >= 15 is 0 Å². The first-order chi connectivity index (χ1) is 10.9. The van der Waals surface area contributed by atoms with Crippen molar-refractivity contribution < 1.29 is 14.3 Å². The van der Waals surface area contributed by atoms with Crippen LogP contribution >= 0.6 is 0 Å². The molecule has 2 rings (SSSR count). The van der Waals surface area contributed by atoms with Crippen LogP contribution in [0, 0.1) is 0 Å². The number of nitrogens with one attached hydrogen (secondary N) is 1. The van der Waals surface area contributed by atoms with E-state index in [9.17, 15) is 4.79 Å². The number of carbonyl (C=O) groups is 1. The van der Waals surface area contributed by atoms with Crippen LogP contribution in [0.2, 0.25) is 0 Å². The van der Waals surface area contributed by atoms with E-state index in [2.05, 4.69) is 17.2 Å². The average molecular weight is 321 g/mol. The van der Waals surface area contributed by atoms with E-state index < -0.39 is 5.60 Å². The highest BCUT2D eigenvalue weighted by atomic mass is 16.6. The second-order valence-corrected chi connectivity index (χ2v) is 6.82. The van der Waals surface area contributed by atoms with E-state index in [1.54, 1.807) is 11.1 Å². The van der Waals surface area contributed by atoms with Gasteiger partial charge in [0.25, 0.3) is 0 Å². The average Bonchev–Trinajstić information content (AvgIpc) is 2.52. The number of pyridine rings is 1. The fourth-order valence-electron chi connectivity index (χ4n) is 2.45. The number of rotatable bonds is 4. The zero-order chi connectivity index (χ0) is 16.9. The highest BCUT2D eigenvalue weighted by Crippen LogP contribution is 2.16. The Morgan fingerprint density at radius 3 is 3.00 bits per heavy atom. The second-order valence-electron chi connectivity index (χ2n) is 6.82. The van der Waals surface area contributed by atoms with Crippen LogP contribution in [0.25, 0.3) is 0 Å². The minimum Gasteiger partial charge on any atom is -0.444 e. The molecule has 0 radical (unpaired) electrons. The van der Waals surface area contributed by atoms with Crippen LogP contribution in [0.15, 0.2) is 24.5 Å². The lowest BCUT2D eigenvalue weighted by Gasteiger charge is -2.37. The molecule has 1 saturated heterocycles. The molecule has 1 fully saturated rings. The maximum absolute atomic E-state index is 12.3. The minimum atomic E-state index is -0.490. The van der Waals surface area contributed by atoms with E-state index in [-0.39, 0.29) is 18.2 Å². The second kappa shape index (κ2) is 7.75. The predicted molar refractivity (Wildman–Crippen MR) is 88.2 cm³/mol. The molecule has 0 bridgehead atoms. The zero-order valence-corrected chi connectivity index (χ0v) is 14.4. The molecule has 2 unspecified atom stereocenters. The first-order valence-electron chi connectivity index (χ1n) is 8.07. The molecule has 2 heterocycles. The van der Waals surface area contributed by atoms with Crippen molar-refractivity contribution in [3.63, 3.8) is 0 Å². The first-order valence-corrected chi connectivity index (χ1v) is 8.07. The summed E-state index contributed by atoms with van der Waals surface area (Å²) in [4.78, 5) is 18.2. The van der Waals surface area contributed by atoms with Gasteiger partial charge in [-0.25, -0.2) is 4.79 Å². The lowest BCUT2D eigenvalue weighted by atomic mass is 10.1. The lowest BCUT2D eigenvalue weighted by Crippen LogP contribution is -2.54. The van der Waals surface area contributed by atoms with Crippen molar-refractivity contribution >= 4 is 6.09 Å². The van der Waals surface area contributed by atoms with Crippen LogP contribution in [0.1, 0.15) is 39.3 Å². The lowest BCUT2D eigenvalue weighted by molar-refractivity contribution is -0.0321. The molecular formula is C17H27N3O3. The van der Waals surface area contributed by atoms with Crippen LogP contribution in [0.5, 0.6) is 0 Å². The number of ether oxygens (including phenoxy) is 2. The third-order valence-electron chi connectivity index (χ3n) is 3.70. The molecule has 1 aromatic heterocycles. The van der Waals surface area contributed by atoms with Crippen molar-refractivity contribution in [2.45, 2.75) is 45.4 Å². The molecule has 23 heavy (non-hydrogen) atoms. The van der Waals surface area contributed by atoms with Gasteiger partial charge in [-0.05, 0) is 39.3 Å². The molecule has 0 aromatic carbocycles.